The number of benzene rings is 1. The fourth-order valence-electron chi connectivity index (χ4n) is 2.09. The smallest absolute Gasteiger partial charge is 0.377 e. The fourth-order valence-corrected chi connectivity index (χ4v) is 2.09. The Balaban J connectivity index is 2.70. The molecule has 0 N–H and O–H groups in total. The van der Waals surface area contributed by atoms with Crippen LogP contribution in [-0.4, -0.2) is 7.11 Å². The summed E-state index contributed by atoms with van der Waals surface area (Å²) in [6.07, 6.45) is 0.575. The quantitative estimate of drug-likeness (QED) is 0.608. The Morgan fingerprint density at radius 2 is 1.89 bits per heavy atom. The third-order valence-corrected chi connectivity index (χ3v) is 3.19. The van der Waals surface area contributed by atoms with Crippen LogP contribution in [0.3, 0.4) is 0 Å². The highest BCUT2D eigenvalue weighted by molar-refractivity contribution is 5.27. The van der Waals surface area contributed by atoms with Crippen LogP contribution in [0.2, 0.25) is 0 Å². The molecule has 1 nitrogen and oxygen atoms in total. The van der Waals surface area contributed by atoms with E-state index in [2.05, 4.69) is 6.92 Å². The number of halogens is 3. The fraction of sp³-hybridized carbons (Fsp3) is 0.600. The molecule has 0 fully saturated rings. The molecule has 0 saturated carbocycles. The molecular formula is C15H21F3O. The van der Waals surface area contributed by atoms with Gasteiger partial charge in [0.25, 0.3) is 0 Å². The van der Waals surface area contributed by atoms with Gasteiger partial charge in [0.15, 0.2) is 0 Å². The lowest BCUT2D eigenvalue weighted by Crippen LogP contribution is -2.08. The average Bonchev–Trinajstić information content (AvgIpc) is 2.38. The van der Waals surface area contributed by atoms with E-state index >= 15 is 0 Å². The van der Waals surface area contributed by atoms with E-state index in [-0.39, 0.29) is 6.10 Å². The molecule has 1 aromatic rings. The van der Waals surface area contributed by atoms with E-state index in [0.29, 0.717) is 5.56 Å². The Kier molecular flexibility index (Phi) is 6.35. The number of hydrogen-bond donors (Lipinski definition) is 0. The minimum Gasteiger partial charge on any atom is -0.377 e. The lowest BCUT2D eigenvalue weighted by Gasteiger charge is -2.17. The lowest BCUT2D eigenvalue weighted by atomic mass is 10.0. The maximum atomic E-state index is 12.6. The van der Waals surface area contributed by atoms with Crippen molar-refractivity contribution in [2.45, 2.75) is 51.3 Å². The molecule has 4 heteroatoms. The van der Waals surface area contributed by atoms with Crippen molar-refractivity contribution in [2.75, 3.05) is 7.11 Å². The van der Waals surface area contributed by atoms with Crippen molar-refractivity contribution in [2.24, 2.45) is 0 Å². The Morgan fingerprint density at radius 1 is 1.16 bits per heavy atom. The van der Waals surface area contributed by atoms with Crippen LogP contribution in [0.4, 0.5) is 13.2 Å². The zero-order valence-corrected chi connectivity index (χ0v) is 11.5. The van der Waals surface area contributed by atoms with Gasteiger partial charge in [0.05, 0.1) is 11.7 Å². The first-order valence-electron chi connectivity index (χ1n) is 6.69. The summed E-state index contributed by atoms with van der Waals surface area (Å²) in [7, 11) is 1.55. The van der Waals surface area contributed by atoms with E-state index in [4.69, 9.17) is 4.74 Å². The van der Waals surface area contributed by atoms with Gasteiger partial charge in [-0.25, -0.2) is 0 Å². The predicted octanol–water partition coefficient (Wildman–Crippen LogP) is 5.36. The minimum absolute atomic E-state index is 0.251. The number of ether oxygens (including phenoxy) is 1. The highest BCUT2D eigenvalue weighted by atomic mass is 19.4. The topological polar surface area (TPSA) is 9.23 Å². The summed E-state index contributed by atoms with van der Waals surface area (Å²) >= 11 is 0. The number of unbranched alkanes of at least 4 members (excludes halogenated alkanes) is 3. The number of hydrogen-bond acceptors (Lipinski definition) is 1. The molecule has 1 aromatic carbocycles. The van der Waals surface area contributed by atoms with Gasteiger partial charge in [-0.2, -0.15) is 13.2 Å². The molecule has 0 heterocycles. The van der Waals surface area contributed by atoms with Crippen LogP contribution in [0.1, 0.15) is 56.3 Å². The maximum Gasteiger partial charge on any atom is 0.416 e. The second-order valence-electron chi connectivity index (χ2n) is 4.70. The third-order valence-electron chi connectivity index (χ3n) is 3.19. The van der Waals surface area contributed by atoms with Gasteiger partial charge < -0.3 is 4.74 Å². The van der Waals surface area contributed by atoms with E-state index in [1.165, 1.54) is 12.1 Å². The number of methoxy groups -OCH3 is 1. The summed E-state index contributed by atoms with van der Waals surface area (Å²) in [5.41, 5.74) is -0.00516. The SMILES string of the molecule is CCCCCCC(OC)c1cccc(C(F)(F)F)c1. The highest BCUT2D eigenvalue weighted by Crippen LogP contribution is 2.32. The van der Waals surface area contributed by atoms with Gasteiger partial charge in [-0.3, -0.25) is 0 Å². The largest absolute Gasteiger partial charge is 0.416 e. The second-order valence-corrected chi connectivity index (χ2v) is 4.70. The first kappa shape index (κ1) is 16.0. The molecule has 1 rings (SSSR count). The van der Waals surface area contributed by atoms with Gasteiger partial charge in [-0.05, 0) is 24.1 Å². The Labute approximate surface area is 112 Å². The highest BCUT2D eigenvalue weighted by Gasteiger charge is 2.30. The van der Waals surface area contributed by atoms with Crippen molar-refractivity contribution < 1.29 is 17.9 Å². The van der Waals surface area contributed by atoms with E-state index in [9.17, 15) is 13.2 Å². The van der Waals surface area contributed by atoms with Crippen LogP contribution in [0.5, 0.6) is 0 Å². The van der Waals surface area contributed by atoms with Gasteiger partial charge in [0, 0.05) is 7.11 Å². The zero-order chi connectivity index (χ0) is 14.3. The molecule has 0 radical (unpaired) electrons. The van der Waals surface area contributed by atoms with Crippen molar-refractivity contribution in [3.05, 3.63) is 35.4 Å². The van der Waals surface area contributed by atoms with Crippen LogP contribution >= 0.6 is 0 Å². The van der Waals surface area contributed by atoms with E-state index in [1.54, 1.807) is 13.2 Å². The Hall–Kier alpha value is -1.03. The molecule has 0 bridgehead atoms. The van der Waals surface area contributed by atoms with Crippen LogP contribution in [0, 0.1) is 0 Å². The van der Waals surface area contributed by atoms with Crippen molar-refractivity contribution in [3.8, 4) is 0 Å². The summed E-state index contributed by atoms with van der Waals surface area (Å²) in [6.45, 7) is 2.13. The van der Waals surface area contributed by atoms with Gasteiger partial charge in [0.1, 0.15) is 0 Å². The van der Waals surface area contributed by atoms with Crippen molar-refractivity contribution in [3.63, 3.8) is 0 Å². The first-order chi connectivity index (χ1) is 8.99. The van der Waals surface area contributed by atoms with Gasteiger partial charge in [0.2, 0.25) is 0 Å². The summed E-state index contributed by atoms with van der Waals surface area (Å²) in [5, 5.41) is 0. The number of alkyl halides is 3. The van der Waals surface area contributed by atoms with E-state index < -0.39 is 11.7 Å². The summed E-state index contributed by atoms with van der Waals surface area (Å²) in [5.74, 6) is 0. The third kappa shape index (κ3) is 5.23. The van der Waals surface area contributed by atoms with E-state index in [1.807, 2.05) is 0 Å². The molecule has 108 valence electrons. The van der Waals surface area contributed by atoms with Crippen LogP contribution < -0.4 is 0 Å². The maximum absolute atomic E-state index is 12.6. The van der Waals surface area contributed by atoms with Crippen LogP contribution in [0.25, 0.3) is 0 Å². The molecule has 1 atom stereocenters. The summed E-state index contributed by atoms with van der Waals surface area (Å²) < 4.78 is 43.3. The minimum atomic E-state index is -4.30. The molecular weight excluding hydrogens is 253 g/mol. The van der Waals surface area contributed by atoms with Gasteiger partial charge >= 0.3 is 6.18 Å². The molecule has 0 spiro atoms. The van der Waals surface area contributed by atoms with Crippen LogP contribution in [-0.2, 0) is 10.9 Å². The average molecular weight is 274 g/mol. The lowest BCUT2D eigenvalue weighted by molar-refractivity contribution is -0.137. The summed E-state index contributed by atoms with van der Waals surface area (Å²) in [4.78, 5) is 0. The van der Waals surface area contributed by atoms with Crippen LogP contribution in [0.15, 0.2) is 24.3 Å². The summed E-state index contributed by atoms with van der Waals surface area (Å²) in [6, 6.07) is 5.42. The molecule has 1 unspecified atom stereocenters. The van der Waals surface area contributed by atoms with Crippen molar-refractivity contribution in [1.82, 2.24) is 0 Å². The molecule has 0 aliphatic rings. The normalized spacial score (nSPS) is 13.5. The second kappa shape index (κ2) is 7.53. The molecule has 0 aliphatic heterocycles. The Bertz CT molecular complexity index is 374. The molecule has 0 aliphatic carbocycles. The zero-order valence-electron chi connectivity index (χ0n) is 11.5. The molecule has 0 saturated heterocycles. The standard InChI is InChI=1S/C15H21F3O/c1-3-4-5-6-10-14(19-2)12-8-7-9-13(11-12)15(16,17)18/h7-9,11,14H,3-6,10H2,1-2H3. The Morgan fingerprint density at radius 3 is 2.47 bits per heavy atom. The molecule has 19 heavy (non-hydrogen) atoms. The molecule has 0 amide bonds. The van der Waals surface area contributed by atoms with E-state index in [0.717, 1.165) is 38.2 Å². The number of rotatable bonds is 7. The monoisotopic (exact) mass is 274 g/mol. The predicted molar refractivity (Wildman–Crippen MR) is 70.0 cm³/mol. The first-order valence-corrected chi connectivity index (χ1v) is 6.69. The molecule has 0 aromatic heterocycles. The van der Waals surface area contributed by atoms with Gasteiger partial charge in [-0.1, -0.05) is 44.7 Å². The van der Waals surface area contributed by atoms with Gasteiger partial charge in [-0.15, -0.1) is 0 Å². The van der Waals surface area contributed by atoms with Crippen molar-refractivity contribution >= 4 is 0 Å². The van der Waals surface area contributed by atoms with Crippen molar-refractivity contribution in [1.29, 1.82) is 0 Å².